The van der Waals surface area contributed by atoms with Crippen LogP contribution in [0.3, 0.4) is 0 Å². The van der Waals surface area contributed by atoms with Crippen LogP contribution in [-0.2, 0) is 6.54 Å². The first-order valence-corrected chi connectivity index (χ1v) is 8.06. The zero-order valence-electron chi connectivity index (χ0n) is 11.9. The van der Waals surface area contributed by atoms with Crippen LogP contribution < -0.4 is 0 Å². The molecule has 2 unspecified atom stereocenters. The lowest BCUT2D eigenvalue weighted by molar-refractivity contribution is 0.191. The maximum Gasteiger partial charge on any atom is 0.0540 e. The van der Waals surface area contributed by atoms with Gasteiger partial charge in [0.15, 0.2) is 0 Å². The Kier molecular flexibility index (Phi) is 5.45. The molecule has 0 aliphatic carbocycles. The third-order valence-electron chi connectivity index (χ3n) is 3.96. The molecule has 1 aliphatic heterocycles. The highest BCUT2D eigenvalue weighted by atomic mass is 32.1. The first-order valence-electron chi connectivity index (χ1n) is 7.18. The quantitative estimate of drug-likeness (QED) is 0.854. The maximum atomic E-state index is 8.79. The summed E-state index contributed by atoms with van der Waals surface area (Å²) in [7, 11) is 0. The highest BCUT2D eigenvalue weighted by Gasteiger charge is 2.29. The molecule has 2 atom stereocenters. The van der Waals surface area contributed by atoms with Gasteiger partial charge in [-0.15, -0.1) is 11.3 Å². The van der Waals surface area contributed by atoms with Gasteiger partial charge in [-0.3, -0.25) is 4.90 Å². The Balaban J connectivity index is 2.07. The summed E-state index contributed by atoms with van der Waals surface area (Å²) in [6.45, 7) is 5.79. The number of likely N-dealkylation sites (tertiary alicyclic amines) is 1. The van der Waals surface area contributed by atoms with Gasteiger partial charge in [0, 0.05) is 35.5 Å². The molecule has 104 valence electrons. The molecule has 1 aromatic heterocycles. The number of aliphatic hydroxyl groups excluding tert-OH is 1. The third kappa shape index (κ3) is 3.60. The minimum absolute atomic E-state index is 0.146. The number of hydrogen-bond acceptors (Lipinski definition) is 3. The predicted molar refractivity (Wildman–Crippen MR) is 81.2 cm³/mol. The summed E-state index contributed by atoms with van der Waals surface area (Å²) in [5.41, 5.74) is 1.15. The lowest BCUT2D eigenvalue weighted by Gasteiger charge is -2.27. The molecule has 1 saturated heterocycles. The maximum absolute atomic E-state index is 8.79. The van der Waals surface area contributed by atoms with Crippen molar-refractivity contribution in [1.29, 1.82) is 0 Å². The Hall–Kier alpha value is -0.820. The van der Waals surface area contributed by atoms with Crippen LogP contribution in [0.15, 0.2) is 11.4 Å². The second kappa shape index (κ2) is 7.09. The van der Waals surface area contributed by atoms with Crippen molar-refractivity contribution in [2.24, 2.45) is 0 Å². The zero-order chi connectivity index (χ0) is 13.7. The van der Waals surface area contributed by atoms with Crippen LogP contribution in [0.2, 0.25) is 0 Å². The van der Waals surface area contributed by atoms with Crippen molar-refractivity contribution < 1.29 is 5.11 Å². The van der Waals surface area contributed by atoms with E-state index in [9.17, 15) is 0 Å². The molecule has 1 aromatic rings. The molecule has 1 aliphatic rings. The molecule has 0 saturated carbocycles. The summed E-state index contributed by atoms with van der Waals surface area (Å²) in [4.78, 5) is 4.00. The molecule has 2 rings (SSSR count). The van der Waals surface area contributed by atoms with Crippen molar-refractivity contribution in [2.45, 2.75) is 58.2 Å². The molecular formula is C16H23NOS. The third-order valence-corrected chi connectivity index (χ3v) is 4.86. The Labute approximate surface area is 120 Å². The van der Waals surface area contributed by atoms with Gasteiger partial charge in [0.2, 0.25) is 0 Å². The monoisotopic (exact) mass is 277 g/mol. The molecule has 2 heterocycles. The lowest BCUT2D eigenvalue weighted by atomic mass is 10.1. The van der Waals surface area contributed by atoms with Crippen LogP contribution in [0.25, 0.3) is 0 Å². The van der Waals surface area contributed by atoms with Crippen molar-refractivity contribution in [3.63, 3.8) is 0 Å². The van der Waals surface area contributed by atoms with E-state index in [-0.39, 0.29) is 6.61 Å². The standard InChI is InChI=1S/C16H23NOS/c1-3-15-8-7-13(2)17(15)12-16-14(9-11-19-16)6-4-5-10-18/h9,11,13,15,18H,3,5,7-8,10,12H2,1-2H3. The Bertz CT molecular complexity index is 457. The van der Waals surface area contributed by atoms with E-state index in [1.165, 1.54) is 24.1 Å². The van der Waals surface area contributed by atoms with Gasteiger partial charge in [0.25, 0.3) is 0 Å². The second-order valence-electron chi connectivity index (χ2n) is 5.19. The Morgan fingerprint density at radius 1 is 1.47 bits per heavy atom. The molecule has 0 radical (unpaired) electrons. The van der Waals surface area contributed by atoms with E-state index in [0.717, 1.165) is 18.2 Å². The van der Waals surface area contributed by atoms with Crippen LogP contribution in [-0.4, -0.2) is 28.7 Å². The first-order chi connectivity index (χ1) is 9.26. The SMILES string of the molecule is CCC1CCC(C)N1Cc1sccc1C#CCCO. The fourth-order valence-electron chi connectivity index (χ4n) is 2.80. The zero-order valence-corrected chi connectivity index (χ0v) is 12.7. The summed E-state index contributed by atoms with van der Waals surface area (Å²) < 4.78 is 0. The highest BCUT2D eigenvalue weighted by molar-refractivity contribution is 7.10. The molecule has 3 heteroatoms. The van der Waals surface area contributed by atoms with E-state index >= 15 is 0 Å². The summed E-state index contributed by atoms with van der Waals surface area (Å²) >= 11 is 1.80. The largest absolute Gasteiger partial charge is 0.395 e. The number of thiophene rings is 1. The van der Waals surface area contributed by atoms with Gasteiger partial charge < -0.3 is 5.11 Å². The van der Waals surface area contributed by atoms with E-state index in [0.29, 0.717) is 12.5 Å². The van der Waals surface area contributed by atoms with Gasteiger partial charge in [-0.1, -0.05) is 18.8 Å². The smallest absolute Gasteiger partial charge is 0.0540 e. The second-order valence-corrected chi connectivity index (χ2v) is 6.19. The minimum Gasteiger partial charge on any atom is -0.395 e. The molecule has 1 fully saturated rings. The first kappa shape index (κ1) is 14.6. The summed E-state index contributed by atoms with van der Waals surface area (Å²) in [6, 6.07) is 3.52. The van der Waals surface area contributed by atoms with Gasteiger partial charge in [-0.2, -0.15) is 0 Å². The van der Waals surface area contributed by atoms with Crippen molar-refractivity contribution in [3.8, 4) is 11.8 Å². The van der Waals surface area contributed by atoms with Crippen LogP contribution in [0.4, 0.5) is 0 Å². The molecule has 1 N–H and O–H groups in total. The molecule has 0 aromatic carbocycles. The van der Waals surface area contributed by atoms with Gasteiger partial charge in [-0.05, 0) is 37.6 Å². The van der Waals surface area contributed by atoms with Crippen LogP contribution >= 0.6 is 11.3 Å². The summed E-state index contributed by atoms with van der Waals surface area (Å²) in [5, 5.41) is 10.9. The predicted octanol–water partition coefficient (Wildman–Crippen LogP) is 3.24. The van der Waals surface area contributed by atoms with E-state index in [2.05, 4.69) is 42.0 Å². The minimum atomic E-state index is 0.146. The topological polar surface area (TPSA) is 23.5 Å². The van der Waals surface area contributed by atoms with Gasteiger partial charge >= 0.3 is 0 Å². The number of rotatable bonds is 4. The number of hydrogen-bond donors (Lipinski definition) is 1. The van der Waals surface area contributed by atoms with Crippen LogP contribution in [0.5, 0.6) is 0 Å². The Morgan fingerprint density at radius 3 is 3.05 bits per heavy atom. The fraction of sp³-hybridized carbons (Fsp3) is 0.625. The van der Waals surface area contributed by atoms with Gasteiger partial charge in [-0.25, -0.2) is 0 Å². The van der Waals surface area contributed by atoms with E-state index < -0.39 is 0 Å². The van der Waals surface area contributed by atoms with E-state index in [4.69, 9.17) is 5.11 Å². The van der Waals surface area contributed by atoms with Crippen molar-refractivity contribution in [2.75, 3.05) is 6.61 Å². The average molecular weight is 277 g/mol. The van der Waals surface area contributed by atoms with Crippen molar-refractivity contribution in [1.82, 2.24) is 4.90 Å². The molecule has 19 heavy (non-hydrogen) atoms. The number of aliphatic hydroxyl groups is 1. The van der Waals surface area contributed by atoms with Crippen LogP contribution in [0.1, 0.15) is 50.0 Å². The van der Waals surface area contributed by atoms with E-state index in [1.54, 1.807) is 11.3 Å². The fourth-order valence-corrected chi connectivity index (χ4v) is 3.64. The number of nitrogens with zero attached hydrogens (tertiary/aromatic N) is 1. The lowest BCUT2D eigenvalue weighted by Crippen LogP contribution is -2.33. The van der Waals surface area contributed by atoms with Gasteiger partial charge in [0.05, 0.1) is 6.61 Å². The highest BCUT2D eigenvalue weighted by Crippen LogP contribution is 2.30. The molecular weight excluding hydrogens is 254 g/mol. The normalized spacial score (nSPS) is 23.3. The summed E-state index contributed by atoms with van der Waals surface area (Å²) in [5.74, 6) is 6.22. The summed E-state index contributed by atoms with van der Waals surface area (Å²) in [6.07, 6.45) is 4.44. The molecule has 2 nitrogen and oxygen atoms in total. The molecule has 0 bridgehead atoms. The van der Waals surface area contributed by atoms with Gasteiger partial charge in [0.1, 0.15) is 0 Å². The van der Waals surface area contributed by atoms with Crippen molar-refractivity contribution >= 4 is 11.3 Å². The van der Waals surface area contributed by atoms with E-state index in [1.807, 2.05) is 0 Å². The molecule has 0 spiro atoms. The molecule has 0 amide bonds. The average Bonchev–Trinajstić information content (AvgIpc) is 2.99. The van der Waals surface area contributed by atoms with Crippen molar-refractivity contribution in [3.05, 3.63) is 21.9 Å². The Morgan fingerprint density at radius 2 is 2.32 bits per heavy atom. The van der Waals surface area contributed by atoms with Crippen LogP contribution in [0, 0.1) is 11.8 Å².